The number of carboxylic acids is 2. The molecule has 0 saturated heterocycles. The van der Waals surface area contributed by atoms with Crippen molar-refractivity contribution in [3.63, 3.8) is 0 Å². The number of thiophene rings is 1. The van der Waals surface area contributed by atoms with Gasteiger partial charge in [-0.2, -0.15) is 0 Å². The van der Waals surface area contributed by atoms with Crippen LogP contribution < -0.4 is 0 Å². The third-order valence-corrected chi connectivity index (χ3v) is 2.69. The second-order valence-corrected chi connectivity index (χ2v) is 3.66. The Labute approximate surface area is 88.1 Å². The van der Waals surface area contributed by atoms with Gasteiger partial charge in [0, 0.05) is 4.88 Å². The van der Waals surface area contributed by atoms with Crippen LogP contribution in [0, 0.1) is 0 Å². The van der Waals surface area contributed by atoms with Crippen LogP contribution in [-0.4, -0.2) is 22.2 Å². The molecule has 0 atom stereocenters. The van der Waals surface area contributed by atoms with E-state index in [2.05, 4.69) is 0 Å². The van der Waals surface area contributed by atoms with Gasteiger partial charge in [0.1, 0.15) is 5.57 Å². The predicted molar refractivity (Wildman–Crippen MR) is 52.6 cm³/mol. The second-order valence-electron chi connectivity index (χ2n) is 2.30. The van der Waals surface area contributed by atoms with Crippen LogP contribution in [0.25, 0.3) is 6.08 Å². The minimum Gasteiger partial charge on any atom is -0.477 e. The molecule has 0 aromatic carbocycles. The molecule has 4 nitrogen and oxygen atoms in total. The van der Waals surface area contributed by atoms with Crippen LogP contribution in [0.5, 0.6) is 0 Å². The lowest BCUT2D eigenvalue weighted by molar-refractivity contribution is -0.139. The first-order valence-corrected chi connectivity index (χ1v) is 4.69. The zero-order valence-corrected chi connectivity index (χ0v) is 8.30. The smallest absolute Gasteiger partial charge is 0.343 e. The Bertz CT molecular complexity index is 391. The molecule has 0 aliphatic heterocycles. The fourth-order valence-electron chi connectivity index (χ4n) is 0.754. The van der Waals surface area contributed by atoms with Gasteiger partial charge in [-0.25, -0.2) is 9.59 Å². The maximum Gasteiger partial charge on any atom is 0.343 e. The molecule has 0 unspecified atom stereocenters. The van der Waals surface area contributed by atoms with Gasteiger partial charge in [0.2, 0.25) is 0 Å². The van der Waals surface area contributed by atoms with E-state index in [1.807, 2.05) is 0 Å². The molecular formula is C8H5ClO4S. The molecular weight excluding hydrogens is 228 g/mol. The predicted octanol–water partition coefficient (Wildman–Crippen LogP) is 1.95. The van der Waals surface area contributed by atoms with Crippen LogP contribution in [0.3, 0.4) is 0 Å². The van der Waals surface area contributed by atoms with Crippen molar-refractivity contribution in [2.24, 2.45) is 0 Å². The molecule has 0 spiro atoms. The van der Waals surface area contributed by atoms with E-state index in [1.54, 1.807) is 11.4 Å². The van der Waals surface area contributed by atoms with Crippen molar-refractivity contribution >= 4 is 41.0 Å². The summed E-state index contributed by atoms with van der Waals surface area (Å²) in [4.78, 5) is 21.4. The van der Waals surface area contributed by atoms with Gasteiger partial charge in [0.05, 0.1) is 5.02 Å². The van der Waals surface area contributed by atoms with Crippen molar-refractivity contribution < 1.29 is 19.8 Å². The van der Waals surface area contributed by atoms with Crippen molar-refractivity contribution in [1.29, 1.82) is 0 Å². The highest BCUT2D eigenvalue weighted by Gasteiger charge is 2.16. The van der Waals surface area contributed by atoms with Gasteiger partial charge >= 0.3 is 11.9 Å². The average Bonchev–Trinajstić information content (AvgIpc) is 2.46. The van der Waals surface area contributed by atoms with Gasteiger partial charge in [-0.3, -0.25) is 0 Å². The Kier molecular flexibility index (Phi) is 3.27. The molecule has 0 saturated carbocycles. The molecule has 0 fully saturated rings. The minimum absolute atomic E-state index is 0.343. The van der Waals surface area contributed by atoms with Gasteiger partial charge in [0.25, 0.3) is 0 Å². The van der Waals surface area contributed by atoms with Crippen LogP contribution in [0.15, 0.2) is 17.0 Å². The van der Waals surface area contributed by atoms with E-state index in [-0.39, 0.29) is 0 Å². The summed E-state index contributed by atoms with van der Waals surface area (Å²) >= 11 is 6.85. The molecule has 0 radical (unpaired) electrons. The Balaban J connectivity index is 3.12. The van der Waals surface area contributed by atoms with Gasteiger partial charge in [0.15, 0.2) is 0 Å². The van der Waals surface area contributed by atoms with Crippen molar-refractivity contribution in [2.75, 3.05) is 0 Å². The summed E-state index contributed by atoms with van der Waals surface area (Å²) in [5, 5.41) is 19.1. The van der Waals surface area contributed by atoms with E-state index >= 15 is 0 Å². The first-order valence-electron chi connectivity index (χ1n) is 3.43. The summed E-state index contributed by atoms with van der Waals surface area (Å²) in [6, 6.07) is 1.57. The summed E-state index contributed by atoms with van der Waals surface area (Å²) in [5.74, 6) is -2.97. The van der Waals surface area contributed by atoms with E-state index in [0.29, 0.717) is 9.90 Å². The molecule has 2 N–H and O–H groups in total. The molecule has 6 heteroatoms. The van der Waals surface area contributed by atoms with Gasteiger partial charge < -0.3 is 10.2 Å². The Morgan fingerprint density at radius 3 is 2.29 bits per heavy atom. The molecule has 1 aromatic rings. The highest BCUT2D eigenvalue weighted by molar-refractivity contribution is 7.11. The molecule has 1 aromatic heterocycles. The van der Waals surface area contributed by atoms with Gasteiger partial charge in [-0.05, 0) is 17.5 Å². The number of carbonyl (C=O) groups is 2. The van der Waals surface area contributed by atoms with Crippen LogP contribution in [0.1, 0.15) is 4.88 Å². The van der Waals surface area contributed by atoms with Gasteiger partial charge in [-0.1, -0.05) is 11.6 Å². The monoisotopic (exact) mass is 232 g/mol. The SMILES string of the molecule is O=C(O)C(=Cc1sccc1Cl)C(=O)O. The van der Waals surface area contributed by atoms with Crippen LogP contribution in [0.2, 0.25) is 5.02 Å². The Hall–Kier alpha value is -1.33. The van der Waals surface area contributed by atoms with E-state index in [4.69, 9.17) is 21.8 Å². The first-order chi connectivity index (χ1) is 6.52. The van der Waals surface area contributed by atoms with E-state index in [0.717, 1.165) is 6.08 Å². The van der Waals surface area contributed by atoms with E-state index in [9.17, 15) is 9.59 Å². The van der Waals surface area contributed by atoms with Crippen LogP contribution in [0.4, 0.5) is 0 Å². The summed E-state index contributed by atoms with van der Waals surface area (Å²) < 4.78 is 0. The standard InChI is InChI=1S/C8H5ClO4S/c9-5-1-2-14-6(5)3-4(7(10)11)8(12)13/h1-3H,(H,10,11)(H,12,13). The fourth-order valence-corrected chi connectivity index (χ4v) is 1.80. The lowest BCUT2D eigenvalue weighted by Crippen LogP contribution is -2.10. The van der Waals surface area contributed by atoms with Crippen LogP contribution >= 0.6 is 22.9 Å². The Morgan fingerprint density at radius 1 is 1.36 bits per heavy atom. The minimum atomic E-state index is -1.48. The lowest BCUT2D eigenvalue weighted by Gasteiger charge is -1.94. The van der Waals surface area contributed by atoms with Crippen molar-refractivity contribution in [2.45, 2.75) is 0 Å². The molecule has 14 heavy (non-hydrogen) atoms. The summed E-state index contributed by atoms with van der Waals surface area (Å²) in [6.45, 7) is 0. The molecule has 0 amide bonds. The number of hydrogen-bond acceptors (Lipinski definition) is 3. The largest absolute Gasteiger partial charge is 0.477 e. The maximum absolute atomic E-state index is 10.5. The molecule has 0 aliphatic rings. The summed E-state index contributed by atoms with van der Waals surface area (Å²) in [6.07, 6.45) is 1.04. The normalized spacial score (nSPS) is 9.50. The third kappa shape index (κ3) is 2.34. The van der Waals surface area contributed by atoms with E-state index in [1.165, 1.54) is 11.3 Å². The topological polar surface area (TPSA) is 74.6 Å². The maximum atomic E-state index is 10.5. The molecule has 74 valence electrons. The zero-order chi connectivity index (χ0) is 10.7. The van der Waals surface area contributed by atoms with Crippen molar-refractivity contribution in [1.82, 2.24) is 0 Å². The van der Waals surface area contributed by atoms with Crippen molar-refractivity contribution in [3.05, 3.63) is 26.9 Å². The number of aliphatic carboxylic acids is 2. The first kappa shape index (κ1) is 10.7. The van der Waals surface area contributed by atoms with E-state index < -0.39 is 17.5 Å². The zero-order valence-electron chi connectivity index (χ0n) is 6.73. The quantitative estimate of drug-likeness (QED) is 0.475. The third-order valence-electron chi connectivity index (χ3n) is 1.38. The molecule has 1 rings (SSSR count). The Morgan fingerprint density at radius 2 is 1.93 bits per heavy atom. The van der Waals surface area contributed by atoms with Gasteiger partial charge in [-0.15, -0.1) is 11.3 Å². The number of halogens is 1. The molecule has 0 aliphatic carbocycles. The average molecular weight is 233 g/mol. The summed E-state index contributed by atoms with van der Waals surface area (Å²) in [7, 11) is 0. The number of rotatable bonds is 3. The van der Waals surface area contributed by atoms with Crippen LogP contribution in [-0.2, 0) is 9.59 Å². The molecule has 0 bridgehead atoms. The molecule has 1 heterocycles. The number of hydrogen-bond donors (Lipinski definition) is 2. The highest BCUT2D eigenvalue weighted by atomic mass is 35.5. The highest BCUT2D eigenvalue weighted by Crippen LogP contribution is 2.24. The second kappa shape index (κ2) is 4.26. The summed E-state index contributed by atoms with van der Waals surface area (Å²) in [5.41, 5.74) is -0.700. The number of carboxylic acid groups (broad SMARTS) is 2. The van der Waals surface area contributed by atoms with Crippen molar-refractivity contribution in [3.8, 4) is 0 Å². The fraction of sp³-hybridized carbons (Fsp3) is 0. The lowest BCUT2D eigenvalue weighted by atomic mass is 10.2.